The number of aromatic nitrogens is 1. The van der Waals surface area contributed by atoms with Crippen LogP contribution in [-0.4, -0.2) is 35.9 Å². The molecule has 3 amide bonds. The molecule has 1 heterocycles. The van der Waals surface area contributed by atoms with Gasteiger partial charge in [-0.25, -0.2) is 0 Å². The molecular weight excluding hydrogens is 372 g/mol. The van der Waals surface area contributed by atoms with E-state index in [1.54, 1.807) is 36.7 Å². The predicted octanol–water partition coefficient (Wildman–Crippen LogP) is 1.63. The molecule has 3 N–H and O–H groups in total. The summed E-state index contributed by atoms with van der Waals surface area (Å²) in [5.74, 6) is 0.152. The van der Waals surface area contributed by atoms with Gasteiger partial charge in [0.05, 0.1) is 0 Å². The molecule has 0 aliphatic heterocycles. The zero-order valence-corrected chi connectivity index (χ0v) is 16.0. The van der Waals surface area contributed by atoms with Gasteiger partial charge in [-0.05, 0) is 42.7 Å². The maximum Gasteiger partial charge on any atom is 0.257 e. The Kier molecular flexibility index (Phi) is 7.16. The van der Waals surface area contributed by atoms with E-state index < -0.39 is 0 Å². The Labute approximate surface area is 169 Å². The minimum atomic E-state index is -0.320. The molecule has 1 saturated carbocycles. The SMILES string of the molecule is O=C(CCNC(=O)COc1cccc(NC(=O)C2CC2)c1)NCc1ccncc1. The minimum absolute atomic E-state index is 0.0158. The van der Waals surface area contributed by atoms with E-state index in [9.17, 15) is 14.4 Å². The second kappa shape index (κ2) is 10.2. The van der Waals surface area contributed by atoms with Crippen LogP contribution >= 0.6 is 0 Å². The van der Waals surface area contributed by atoms with Crippen molar-refractivity contribution in [3.05, 3.63) is 54.4 Å². The molecule has 0 atom stereocenters. The normalized spacial score (nSPS) is 12.7. The average molecular weight is 396 g/mol. The van der Waals surface area contributed by atoms with Crippen molar-refractivity contribution in [1.82, 2.24) is 15.6 Å². The number of nitrogens with zero attached hydrogens (tertiary/aromatic N) is 1. The smallest absolute Gasteiger partial charge is 0.257 e. The lowest BCUT2D eigenvalue weighted by atomic mass is 10.2. The topological polar surface area (TPSA) is 109 Å². The third-order valence-corrected chi connectivity index (χ3v) is 4.33. The summed E-state index contributed by atoms with van der Waals surface area (Å²) >= 11 is 0. The van der Waals surface area contributed by atoms with Gasteiger partial charge in [-0.1, -0.05) is 6.07 Å². The van der Waals surface area contributed by atoms with E-state index in [0.717, 1.165) is 18.4 Å². The van der Waals surface area contributed by atoms with Crippen LogP contribution in [0.3, 0.4) is 0 Å². The number of anilines is 1. The number of hydrogen-bond acceptors (Lipinski definition) is 5. The summed E-state index contributed by atoms with van der Waals surface area (Å²) in [6, 6.07) is 10.6. The highest BCUT2D eigenvalue weighted by molar-refractivity contribution is 5.94. The molecule has 1 fully saturated rings. The summed E-state index contributed by atoms with van der Waals surface area (Å²) in [5.41, 5.74) is 1.60. The molecule has 0 saturated heterocycles. The van der Waals surface area contributed by atoms with Crippen LogP contribution in [-0.2, 0) is 20.9 Å². The Morgan fingerprint density at radius 2 is 1.83 bits per heavy atom. The van der Waals surface area contributed by atoms with Crippen LogP contribution in [0.1, 0.15) is 24.8 Å². The van der Waals surface area contributed by atoms with Gasteiger partial charge in [0.25, 0.3) is 5.91 Å². The van der Waals surface area contributed by atoms with E-state index >= 15 is 0 Å². The Balaban J connectivity index is 1.31. The maximum absolute atomic E-state index is 11.9. The molecule has 0 spiro atoms. The van der Waals surface area contributed by atoms with Gasteiger partial charge in [-0.2, -0.15) is 0 Å². The fourth-order valence-corrected chi connectivity index (χ4v) is 2.56. The van der Waals surface area contributed by atoms with Gasteiger partial charge in [0.15, 0.2) is 6.61 Å². The molecule has 0 radical (unpaired) electrons. The molecular formula is C21H24N4O4. The number of carbonyl (C=O) groups excluding carboxylic acids is 3. The number of ether oxygens (including phenoxy) is 1. The second-order valence-corrected chi connectivity index (χ2v) is 6.81. The van der Waals surface area contributed by atoms with Gasteiger partial charge in [-0.3, -0.25) is 19.4 Å². The highest BCUT2D eigenvalue weighted by atomic mass is 16.5. The van der Waals surface area contributed by atoms with Gasteiger partial charge in [-0.15, -0.1) is 0 Å². The molecule has 152 valence electrons. The van der Waals surface area contributed by atoms with Crippen molar-refractivity contribution in [2.24, 2.45) is 5.92 Å². The Morgan fingerprint density at radius 1 is 1.03 bits per heavy atom. The first-order valence-corrected chi connectivity index (χ1v) is 9.56. The first-order chi connectivity index (χ1) is 14.1. The van der Waals surface area contributed by atoms with Crippen molar-refractivity contribution in [2.75, 3.05) is 18.5 Å². The number of nitrogens with one attached hydrogen (secondary N) is 3. The number of benzene rings is 1. The maximum atomic E-state index is 11.9. The lowest BCUT2D eigenvalue weighted by molar-refractivity contribution is -0.124. The predicted molar refractivity (Wildman–Crippen MR) is 107 cm³/mol. The fraction of sp³-hybridized carbons (Fsp3) is 0.333. The van der Waals surface area contributed by atoms with E-state index in [0.29, 0.717) is 18.0 Å². The molecule has 1 aliphatic carbocycles. The molecule has 2 aromatic rings. The van der Waals surface area contributed by atoms with Gasteiger partial charge < -0.3 is 20.7 Å². The Bertz CT molecular complexity index is 853. The molecule has 8 heteroatoms. The number of pyridine rings is 1. The minimum Gasteiger partial charge on any atom is -0.484 e. The van der Waals surface area contributed by atoms with Crippen LogP contribution in [0.4, 0.5) is 5.69 Å². The fourth-order valence-electron chi connectivity index (χ4n) is 2.56. The largest absolute Gasteiger partial charge is 0.484 e. The molecule has 29 heavy (non-hydrogen) atoms. The standard InChI is InChI=1S/C21H24N4O4/c26-19(24-13-15-6-9-22-10-7-15)8-11-23-20(27)14-29-18-3-1-2-17(12-18)25-21(28)16-4-5-16/h1-3,6-7,9-10,12,16H,4-5,8,11,13-14H2,(H,23,27)(H,24,26)(H,25,28). The van der Waals surface area contributed by atoms with E-state index in [1.807, 2.05) is 12.1 Å². The lowest BCUT2D eigenvalue weighted by Crippen LogP contribution is -2.33. The molecule has 1 aromatic carbocycles. The van der Waals surface area contributed by atoms with Crippen molar-refractivity contribution in [1.29, 1.82) is 0 Å². The van der Waals surface area contributed by atoms with Crippen LogP contribution in [0.2, 0.25) is 0 Å². The number of rotatable bonds is 10. The first kappa shape index (κ1) is 20.3. The van der Waals surface area contributed by atoms with Crippen LogP contribution < -0.4 is 20.7 Å². The van der Waals surface area contributed by atoms with E-state index in [4.69, 9.17) is 4.74 Å². The quantitative estimate of drug-likeness (QED) is 0.566. The summed E-state index contributed by atoms with van der Waals surface area (Å²) in [4.78, 5) is 39.4. The summed E-state index contributed by atoms with van der Waals surface area (Å²) in [7, 11) is 0. The number of amides is 3. The number of carbonyl (C=O) groups is 3. The van der Waals surface area contributed by atoms with E-state index in [2.05, 4.69) is 20.9 Å². The molecule has 0 unspecified atom stereocenters. The van der Waals surface area contributed by atoms with E-state index in [1.165, 1.54) is 0 Å². The molecule has 8 nitrogen and oxygen atoms in total. The van der Waals surface area contributed by atoms with Gasteiger partial charge in [0, 0.05) is 49.6 Å². The molecule has 0 bridgehead atoms. The third kappa shape index (κ3) is 7.25. The molecule has 1 aromatic heterocycles. The second-order valence-electron chi connectivity index (χ2n) is 6.81. The van der Waals surface area contributed by atoms with Gasteiger partial charge >= 0.3 is 0 Å². The van der Waals surface area contributed by atoms with Gasteiger partial charge in [0.1, 0.15) is 5.75 Å². The van der Waals surface area contributed by atoms with E-state index in [-0.39, 0.29) is 43.2 Å². The van der Waals surface area contributed by atoms with Crippen molar-refractivity contribution < 1.29 is 19.1 Å². The van der Waals surface area contributed by atoms with Crippen LogP contribution in [0.5, 0.6) is 5.75 Å². The summed E-state index contributed by atoms with van der Waals surface area (Å²) in [6.07, 6.45) is 5.38. The lowest BCUT2D eigenvalue weighted by Gasteiger charge is -2.10. The molecule has 1 aliphatic rings. The van der Waals surface area contributed by atoms with Crippen LogP contribution in [0, 0.1) is 5.92 Å². The highest BCUT2D eigenvalue weighted by Crippen LogP contribution is 2.30. The van der Waals surface area contributed by atoms with Crippen molar-refractivity contribution in [3.63, 3.8) is 0 Å². The van der Waals surface area contributed by atoms with Crippen LogP contribution in [0.25, 0.3) is 0 Å². The van der Waals surface area contributed by atoms with Crippen LogP contribution in [0.15, 0.2) is 48.8 Å². The van der Waals surface area contributed by atoms with Crippen molar-refractivity contribution >= 4 is 23.4 Å². The first-order valence-electron chi connectivity index (χ1n) is 9.56. The highest BCUT2D eigenvalue weighted by Gasteiger charge is 2.29. The molecule has 3 rings (SSSR count). The zero-order valence-electron chi connectivity index (χ0n) is 16.0. The average Bonchev–Trinajstić information content (AvgIpc) is 3.57. The summed E-state index contributed by atoms with van der Waals surface area (Å²) < 4.78 is 5.46. The Morgan fingerprint density at radius 3 is 2.59 bits per heavy atom. The zero-order chi connectivity index (χ0) is 20.5. The summed E-state index contributed by atoms with van der Waals surface area (Å²) in [5, 5.41) is 8.26. The van der Waals surface area contributed by atoms with Crippen molar-refractivity contribution in [2.45, 2.75) is 25.8 Å². The summed E-state index contributed by atoms with van der Waals surface area (Å²) in [6.45, 7) is 0.479. The monoisotopic (exact) mass is 396 g/mol. The third-order valence-electron chi connectivity index (χ3n) is 4.33. The Hall–Kier alpha value is -3.42. The van der Waals surface area contributed by atoms with Crippen molar-refractivity contribution in [3.8, 4) is 5.75 Å². The van der Waals surface area contributed by atoms with Gasteiger partial charge in [0.2, 0.25) is 11.8 Å². The number of hydrogen-bond donors (Lipinski definition) is 3.